The van der Waals surface area contributed by atoms with Crippen molar-refractivity contribution in [1.29, 1.82) is 0 Å². The molecule has 2 aromatic rings. The predicted molar refractivity (Wildman–Crippen MR) is 102 cm³/mol. The van der Waals surface area contributed by atoms with Gasteiger partial charge in [-0.3, -0.25) is 0 Å². The Balaban J connectivity index is 1.74. The van der Waals surface area contributed by atoms with Crippen LogP contribution in [-0.2, 0) is 6.42 Å². The van der Waals surface area contributed by atoms with Crippen molar-refractivity contribution in [1.82, 2.24) is 5.32 Å². The van der Waals surface area contributed by atoms with Crippen molar-refractivity contribution in [2.24, 2.45) is 0 Å². The molecule has 25 heavy (non-hydrogen) atoms. The molecule has 132 valence electrons. The van der Waals surface area contributed by atoms with E-state index in [2.05, 4.69) is 38.7 Å². The monoisotopic (exact) mass is 404 g/mol. The van der Waals surface area contributed by atoms with Crippen LogP contribution in [0.2, 0.25) is 0 Å². The van der Waals surface area contributed by atoms with Crippen molar-refractivity contribution in [3.63, 3.8) is 0 Å². The number of nitrogens with one attached hydrogen (secondary N) is 2. The second-order valence-corrected chi connectivity index (χ2v) is 6.78. The number of fused-ring (bicyclic) bond motifs is 1. The van der Waals surface area contributed by atoms with E-state index in [0.29, 0.717) is 17.2 Å². The van der Waals surface area contributed by atoms with Gasteiger partial charge in [0, 0.05) is 16.6 Å². The summed E-state index contributed by atoms with van der Waals surface area (Å²) in [6, 6.07) is 11.6. The molecule has 1 unspecified atom stereocenters. The Morgan fingerprint density at radius 2 is 1.88 bits per heavy atom. The second kappa shape index (κ2) is 7.78. The smallest absolute Gasteiger partial charge is 0.319 e. The summed E-state index contributed by atoms with van der Waals surface area (Å²) in [6.07, 6.45) is 3.08. The zero-order valence-electron chi connectivity index (χ0n) is 14.3. The number of ether oxygens (including phenoxy) is 2. The molecule has 2 N–H and O–H groups in total. The highest BCUT2D eigenvalue weighted by atomic mass is 79.9. The molecule has 1 aliphatic carbocycles. The Labute approximate surface area is 155 Å². The second-order valence-electron chi connectivity index (χ2n) is 5.93. The minimum atomic E-state index is -0.241. The molecule has 1 atom stereocenters. The number of hydrogen-bond acceptors (Lipinski definition) is 3. The van der Waals surface area contributed by atoms with Gasteiger partial charge in [0.2, 0.25) is 0 Å². The first-order valence-electron chi connectivity index (χ1n) is 8.19. The highest BCUT2D eigenvalue weighted by molar-refractivity contribution is 9.10. The number of aryl methyl sites for hydroxylation is 1. The van der Waals surface area contributed by atoms with E-state index in [4.69, 9.17) is 9.47 Å². The molecular weight excluding hydrogens is 384 g/mol. The van der Waals surface area contributed by atoms with Gasteiger partial charge in [-0.05, 0) is 46.3 Å². The number of halogens is 1. The number of urea groups is 1. The Bertz CT molecular complexity index is 779. The van der Waals surface area contributed by atoms with Crippen molar-refractivity contribution in [3.8, 4) is 11.5 Å². The SMILES string of the molecule is COc1cc(Br)c(NC(=O)NC2CCCc3ccccc32)cc1OC. The quantitative estimate of drug-likeness (QED) is 0.778. The molecule has 2 aromatic carbocycles. The molecule has 0 aliphatic heterocycles. The first-order valence-corrected chi connectivity index (χ1v) is 8.98. The van der Waals surface area contributed by atoms with Gasteiger partial charge in [-0.2, -0.15) is 0 Å². The van der Waals surface area contributed by atoms with E-state index >= 15 is 0 Å². The summed E-state index contributed by atoms with van der Waals surface area (Å²) in [6.45, 7) is 0. The average Bonchev–Trinajstić information content (AvgIpc) is 2.63. The number of rotatable bonds is 4. The third kappa shape index (κ3) is 3.90. The highest BCUT2D eigenvalue weighted by Gasteiger charge is 2.22. The summed E-state index contributed by atoms with van der Waals surface area (Å²) in [5.41, 5.74) is 3.14. The summed E-state index contributed by atoms with van der Waals surface area (Å²) < 4.78 is 11.3. The molecule has 0 bridgehead atoms. The number of amides is 2. The lowest BCUT2D eigenvalue weighted by Crippen LogP contribution is -2.34. The molecule has 0 aromatic heterocycles. The van der Waals surface area contributed by atoms with Crippen molar-refractivity contribution in [2.75, 3.05) is 19.5 Å². The first-order chi connectivity index (χ1) is 12.1. The van der Waals surface area contributed by atoms with Crippen LogP contribution in [0.3, 0.4) is 0 Å². The molecule has 1 aliphatic rings. The van der Waals surface area contributed by atoms with Gasteiger partial charge in [-0.15, -0.1) is 0 Å². The van der Waals surface area contributed by atoms with Gasteiger partial charge >= 0.3 is 6.03 Å². The maximum absolute atomic E-state index is 12.5. The maximum atomic E-state index is 12.5. The van der Waals surface area contributed by atoms with E-state index in [-0.39, 0.29) is 12.1 Å². The topological polar surface area (TPSA) is 59.6 Å². The number of anilines is 1. The molecule has 5 nitrogen and oxygen atoms in total. The summed E-state index contributed by atoms with van der Waals surface area (Å²) in [5.74, 6) is 1.16. The van der Waals surface area contributed by atoms with Crippen LogP contribution in [-0.4, -0.2) is 20.3 Å². The fourth-order valence-corrected chi connectivity index (χ4v) is 3.59. The fourth-order valence-electron chi connectivity index (χ4n) is 3.17. The molecule has 0 radical (unpaired) electrons. The van der Waals surface area contributed by atoms with Crippen LogP contribution >= 0.6 is 15.9 Å². The van der Waals surface area contributed by atoms with Gasteiger partial charge in [-0.1, -0.05) is 24.3 Å². The molecule has 0 fully saturated rings. The molecule has 6 heteroatoms. The van der Waals surface area contributed by atoms with Gasteiger partial charge < -0.3 is 20.1 Å². The van der Waals surface area contributed by atoms with Gasteiger partial charge in [0.25, 0.3) is 0 Å². The summed E-state index contributed by atoms with van der Waals surface area (Å²) in [5, 5.41) is 5.96. The van der Waals surface area contributed by atoms with Crippen LogP contribution in [0, 0.1) is 0 Å². The number of carbonyl (C=O) groups excluding carboxylic acids is 1. The molecule has 0 heterocycles. The van der Waals surface area contributed by atoms with E-state index in [0.717, 1.165) is 23.7 Å². The maximum Gasteiger partial charge on any atom is 0.319 e. The van der Waals surface area contributed by atoms with Gasteiger partial charge in [-0.25, -0.2) is 4.79 Å². The standard InChI is InChI=1S/C19H21BrN2O3/c1-24-17-10-14(20)16(11-18(17)25-2)22-19(23)21-15-9-5-7-12-6-3-4-8-13(12)15/h3-4,6,8,10-11,15H,5,7,9H2,1-2H3,(H2,21,22,23). The Kier molecular flexibility index (Phi) is 5.48. The predicted octanol–water partition coefficient (Wildman–Crippen LogP) is 4.67. The van der Waals surface area contributed by atoms with E-state index in [9.17, 15) is 4.79 Å². The average molecular weight is 405 g/mol. The first kappa shape index (κ1) is 17.6. The van der Waals surface area contributed by atoms with E-state index < -0.39 is 0 Å². The van der Waals surface area contributed by atoms with Crippen LogP contribution in [0.1, 0.15) is 30.0 Å². The molecule has 2 amide bonds. The van der Waals surface area contributed by atoms with Crippen LogP contribution in [0.5, 0.6) is 11.5 Å². The Hall–Kier alpha value is -2.21. The van der Waals surface area contributed by atoms with Crippen LogP contribution in [0.4, 0.5) is 10.5 Å². The summed E-state index contributed by atoms with van der Waals surface area (Å²) in [4.78, 5) is 12.5. The summed E-state index contributed by atoms with van der Waals surface area (Å²) in [7, 11) is 3.14. The van der Waals surface area contributed by atoms with Crippen molar-refractivity contribution < 1.29 is 14.3 Å². The molecule has 0 saturated heterocycles. The fraction of sp³-hybridized carbons (Fsp3) is 0.316. The minimum Gasteiger partial charge on any atom is -0.493 e. The Morgan fingerprint density at radius 1 is 1.16 bits per heavy atom. The zero-order valence-corrected chi connectivity index (χ0v) is 15.9. The van der Waals surface area contributed by atoms with Crippen molar-refractivity contribution in [3.05, 3.63) is 52.0 Å². The van der Waals surface area contributed by atoms with Gasteiger partial charge in [0.15, 0.2) is 11.5 Å². The third-order valence-corrected chi connectivity index (χ3v) is 5.05. The van der Waals surface area contributed by atoms with E-state index in [1.54, 1.807) is 26.4 Å². The molecule has 3 rings (SSSR count). The van der Waals surface area contributed by atoms with Crippen molar-refractivity contribution in [2.45, 2.75) is 25.3 Å². The molecule has 0 saturated carbocycles. The molecular formula is C19H21BrN2O3. The number of carbonyl (C=O) groups is 1. The number of hydrogen-bond donors (Lipinski definition) is 2. The van der Waals surface area contributed by atoms with E-state index in [1.165, 1.54) is 11.1 Å². The van der Waals surface area contributed by atoms with Crippen molar-refractivity contribution >= 4 is 27.6 Å². The van der Waals surface area contributed by atoms with Gasteiger partial charge in [0.05, 0.1) is 25.9 Å². The highest BCUT2D eigenvalue weighted by Crippen LogP contribution is 2.36. The minimum absolute atomic E-state index is 0.0314. The lowest BCUT2D eigenvalue weighted by molar-refractivity contribution is 0.247. The lowest BCUT2D eigenvalue weighted by atomic mass is 9.88. The van der Waals surface area contributed by atoms with E-state index in [1.807, 2.05) is 12.1 Å². The lowest BCUT2D eigenvalue weighted by Gasteiger charge is -2.26. The van der Waals surface area contributed by atoms with Crippen LogP contribution in [0.15, 0.2) is 40.9 Å². The Morgan fingerprint density at radius 3 is 2.64 bits per heavy atom. The third-order valence-electron chi connectivity index (χ3n) is 4.40. The summed E-state index contributed by atoms with van der Waals surface area (Å²) >= 11 is 3.45. The zero-order chi connectivity index (χ0) is 17.8. The largest absolute Gasteiger partial charge is 0.493 e. The number of methoxy groups -OCH3 is 2. The number of benzene rings is 2. The van der Waals surface area contributed by atoms with Crippen LogP contribution in [0.25, 0.3) is 0 Å². The van der Waals surface area contributed by atoms with Crippen LogP contribution < -0.4 is 20.1 Å². The molecule has 0 spiro atoms. The normalized spacial score (nSPS) is 15.9. The van der Waals surface area contributed by atoms with Gasteiger partial charge in [0.1, 0.15) is 0 Å².